The van der Waals surface area contributed by atoms with E-state index in [4.69, 9.17) is 19.0 Å². The van der Waals surface area contributed by atoms with Gasteiger partial charge in [-0.05, 0) is 76.9 Å². The zero-order valence-electron chi connectivity index (χ0n) is 24.3. The first-order valence-electron chi connectivity index (χ1n) is 13.3. The lowest BCUT2D eigenvalue weighted by atomic mass is 9.78. The van der Waals surface area contributed by atoms with Crippen molar-refractivity contribution in [2.24, 2.45) is 0 Å². The summed E-state index contributed by atoms with van der Waals surface area (Å²) in [5.74, 6) is 1.75. The Bertz CT molecular complexity index is 901. The molecule has 5 heteroatoms. The van der Waals surface area contributed by atoms with Crippen LogP contribution in [0, 0.1) is 0 Å². The van der Waals surface area contributed by atoms with Crippen molar-refractivity contribution in [2.45, 2.75) is 97.9 Å². The Morgan fingerprint density at radius 2 is 1.11 bits per heavy atom. The summed E-state index contributed by atoms with van der Waals surface area (Å²) in [7, 11) is 1.94. The van der Waals surface area contributed by atoms with Crippen LogP contribution in [0.3, 0.4) is 0 Å². The van der Waals surface area contributed by atoms with Crippen LogP contribution < -0.4 is 9.47 Å². The van der Waals surface area contributed by atoms with Crippen LogP contribution in [-0.2, 0) is 15.0 Å². The molecule has 0 bridgehead atoms. The number of hydrogen-bond donors (Lipinski definition) is 0. The molecular formula is C31H49NO4. The standard InChI is InChI=1S/C31H49NO4/c1-11-32(10)34-23-21-30(6,7)36-28-18-14-26(15-19-28)31(8,9)25-12-16-27(17-13-25)35-29(4,5)20-22-33-24(2)3/h12-19,24H,11,20-23H2,1-10H3. The Labute approximate surface area is 220 Å². The zero-order chi connectivity index (χ0) is 27.0. The monoisotopic (exact) mass is 499 g/mol. The third-order valence-electron chi connectivity index (χ3n) is 6.56. The number of benzene rings is 2. The summed E-state index contributed by atoms with van der Waals surface area (Å²) >= 11 is 0. The number of hydroxylamine groups is 2. The van der Waals surface area contributed by atoms with Crippen molar-refractivity contribution in [3.8, 4) is 11.5 Å². The van der Waals surface area contributed by atoms with E-state index < -0.39 is 0 Å². The zero-order valence-corrected chi connectivity index (χ0v) is 24.3. The summed E-state index contributed by atoms with van der Waals surface area (Å²) in [4.78, 5) is 5.68. The smallest absolute Gasteiger partial charge is 0.120 e. The average Bonchev–Trinajstić information content (AvgIpc) is 2.78. The molecule has 0 aliphatic carbocycles. The second-order valence-corrected chi connectivity index (χ2v) is 11.6. The van der Waals surface area contributed by atoms with Gasteiger partial charge in [0.05, 0.1) is 19.3 Å². The maximum absolute atomic E-state index is 6.27. The van der Waals surface area contributed by atoms with E-state index >= 15 is 0 Å². The lowest BCUT2D eigenvalue weighted by Gasteiger charge is -2.30. The van der Waals surface area contributed by atoms with E-state index in [2.05, 4.69) is 111 Å². The lowest BCUT2D eigenvalue weighted by molar-refractivity contribution is -0.145. The molecule has 0 heterocycles. The van der Waals surface area contributed by atoms with Crippen LogP contribution in [0.15, 0.2) is 48.5 Å². The first-order valence-corrected chi connectivity index (χ1v) is 13.3. The van der Waals surface area contributed by atoms with Crippen LogP contribution in [-0.4, -0.2) is 49.2 Å². The Hall–Kier alpha value is -2.08. The van der Waals surface area contributed by atoms with E-state index in [1.54, 1.807) is 0 Å². The minimum Gasteiger partial charge on any atom is -0.488 e. The van der Waals surface area contributed by atoms with E-state index in [1.165, 1.54) is 11.1 Å². The van der Waals surface area contributed by atoms with Crippen molar-refractivity contribution in [3.05, 3.63) is 59.7 Å². The minimum absolute atomic E-state index is 0.147. The Morgan fingerprint density at radius 1 is 0.694 bits per heavy atom. The number of rotatable bonds is 15. The molecule has 0 spiro atoms. The van der Waals surface area contributed by atoms with Gasteiger partial charge in [-0.1, -0.05) is 45.0 Å². The average molecular weight is 500 g/mol. The van der Waals surface area contributed by atoms with Gasteiger partial charge in [-0.15, -0.1) is 0 Å². The maximum Gasteiger partial charge on any atom is 0.120 e. The fourth-order valence-electron chi connectivity index (χ4n) is 3.87. The van der Waals surface area contributed by atoms with Gasteiger partial charge in [-0.3, -0.25) is 4.84 Å². The molecule has 2 rings (SSSR count). The van der Waals surface area contributed by atoms with Gasteiger partial charge >= 0.3 is 0 Å². The number of ether oxygens (including phenoxy) is 3. The molecule has 0 amide bonds. The normalized spacial score (nSPS) is 12.9. The molecule has 0 aliphatic rings. The largest absolute Gasteiger partial charge is 0.488 e. The molecule has 0 fully saturated rings. The Balaban J connectivity index is 1.99. The lowest BCUT2D eigenvalue weighted by Crippen LogP contribution is -2.31. The van der Waals surface area contributed by atoms with Crippen LogP contribution in [0.1, 0.15) is 86.3 Å². The molecule has 0 aliphatic heterocycles. The topological polar surface area (TPSA) is 40.2 Å². The highest BCUT2D eigenvalue weighted by Gasteiger charge is 2.25. The highest BCUT2D eigenvalue weighted by Crippen LogP contribution is 2.34. The highest BCUT2D eigenvalue weighted by molar-refractivity contribution is 5.42. The molecule has 202 valence electrons. The molecule has 36 heavy (non-hydrogen) atoms. The molecule has 0 N–H and O–H groups in total. The predicted octanol–water partition coefficient (Wildman–Crippen LogP) is 7.42. The van der Waals surface area contributed by atoms with Crippen LogP contribution in [0.2, 0.25) is 0 Å². The van der Waals surface area contributed by atoms with Gasteiger partial charge in [0.1, 0.15) is 22.7 Å². The second kappa shape index (κ2) is 12.9. The Kier molecular flexibility index (Phi) is 10.8. The van der Waals surface area contributed by atoms with E-state index in [0.29, 0.717) is 13.2 Å². The molecule has 0 saturated carbocycles. The summed E-state index contributed by atoms with van der Waals surface area (Å²) in [6.07, 6.45) is 1.88. The molecular weight excluding hydrogens is 450 g/mol. The van der Waals surface area contributed by atoms with Crippen molar-refractivity contribution in [1.29, 1.82) is 0 Å². The summed E-state index contributed by atoms with van der Waals surface area (Å²) in [5.41, 5.74) is 1.73. The Morgan fingerprint density at radius 3 is 1.50 bits per heavy atom. The third-order valence-corrected chi connectivity index (χ3v) is 6.56. The quantitative estimate of drug-likeness (QED) is 0.239. The van der Waals surface area contributed by atoms with Gasteiger partial charge in [0.25, 0.3) is 0 Å². The van der Waals surface area contributed by atoms with Crippen molar-refractivity contribution < 1.29 is 19.0 Å². The highest BCUT2D eigenvalue weighted by atomic mass is 16.7. The fraction of sp³-hybridized carbons (Fsp3) is 0.613. The predicted molar refractivity (Wildman–Crippen MR) is 149 cm³/mol. The fourth-order valence-corrected chi connectivity index (χ4v) is 3.87. The van der Waals surface area contributed by atoms with Crippen LogP contribution >= 0.6 is 0 Å². The van der Waals surface area contributed by atoms with E-state index in [-0.39, 0.29) is 22.7 Å². The van der Waals surface area contributed by atoms with Crippen molar-refractivity contribution >= 4 is 0 Å². The van der Waals surface area contributed by atoms with Crippen LogP contribution in [0.25, 0.3) is 0 Å². The molecule has 0 saturated heterocycles. The number of hydrogen-bond acceptors (Lipinski definition) is 5. The summed E-state index contributed by atoms with van der Waals surface area (Å²) in [6, 6.07) is 16.9. The summed E-state index contributed by atoms with van der Waals surface area (Å²) < 4.78 is 18.2. The molecule has 2 aromatic carbocycles. The van der Waals surface area contributed by atoms with Crippen molar-refractivity contribution in [1.82, 2.24) is 5.06 Å². The van der Waals surface area contributed by atoms with Crippen molar-refractivity contribution in [3.63, 3.8) is 0 Å². The molecule has 0 radical (unpaired) electrons. The van der Waals surface area contributed by atoms with E-state index in [9.17, 15) is 0 Å². The van der Waals surface area contributed by atoms with E-state index in [0.717, 1.165) is 30.9 Å². The van der Waals surface area contributed by atoms with Gasteiger partial charge < -0.3 is 14.2 Å². The van der Waals surface area contributed by atoms with Crippen molar-refractivity contribution in [2.75, 3.05) is 26.8 Å². The molecule has 2 aromatic rings. The van der Waals surface area contributed by atoms with Gasteiger partial charge in [-0.25, -0.2) is 0 Å². The van der Waals surface area contributed by atoms with Gasteiger partial charge in [0.2, 0.25) is 0 Å². The first-order chi connectivity index (χ1) is 16.7. The molecule has 5 nitrogen and oxygen atoms in total. The van der Waals surface area contributed by atoms with Gasteiger partial charge in [0.15, 0.2) is 0 Å². The molecule has 0 atom stereocenters. The summed E-state index contributed by atoms with van der Waals surface area (Å²) in [6.45, 7) is 21.3. The molecule has 0 aromatic heterocycles. The number of nitrogens with zero attached hydrogens (tertiary/aromatic N) is 1. The van der Waals surface area contributed by atoms with Crippen LogP contribution in [0.5, 0.6) is 11.5 Å². The van der Waals surface area contributed by atoms with Crippen LogP contribution in [0.4, 0.5) is 0 Å². The second-order valence-electron chi connectivity index (χ2n) is 11.6. The maximum atomic E-state index is 6.27. The minimum atomic E-state index is -0.309. The first kappa shape index (κ1) is 30.1. The third kappa shape index (κ3) is 9.76. The summed E-state index contributed by atoms with van der Waals surface area (Å²) in [5, 5.41) is 1.84. The van der Waals surface area contributed by atoms with E-state index in [1.807, 2.05) is 12.1 Å². The SMILES string of the molecule is CCN(C)OCCC(C)(C)Oc1ccc(C(C)(C)c2ccc(OC(C)(C)CCOC(C)C)cc2)cc1. The van der Waals surface area contributed by atoms with Gasteiger partial charge in [0, 0.05) is 31.8 Å². The van der Waals surface area contributed by atoms with Gasteiger partial charge in [-0.2, -0.15) is 5.06 Å². The molecule has 0 unspecified atom stereocenters.